The standard InChI is InChI=1S/C12H16O6.C12H16O5.C11H14O4.C10H10O4.C10H12O3/c1-15-8-4-5-9(18-7-6-10(13)14)12(17-3)11(8)16-2;1-15-9-6-4-8(5-7-10(13)14)11(16-2)12(9)17-3;1-14-9-5-3-8(4-6-11(12)13)7-10(9)15-2;11-10(12)6-7-1-2-8-9(5-7)14-4-3-13-8;1-13-9-5-3-2-4-8(9)6-7-10(11)12/h4-5H,6-7H2,1-3H3,(H,13,14);4,6H,5,7H2,1-3H3,(H,13,14);3,5,7H,4,6H2,1-2H3,(H,12,13);1-2,5H,3-4,6H2,(H,11,12);2-5H,6-7H2,1H3,(H,11,12). The Morgan fingerprint density at radius 2 is 0.844 bits per heavy atom. The monoisotopic (exact) mass is 1080 g/mol. The van der Waals surface area contributed by atoms with Crippen molar-refractivity contribution in [1.29, 1.82) is 0 Å². The highest BCUT2D eigenvalue weighted by molar-refractivity contribution is 5.71. The lowest BCUT2D eigenvalue weighted by Crippen LogP contribution is -2.15. The Balaban J connectivity index is 0.000000331. The molecule has 5 aromatic rings. The van der Waals surface area contributed by atoms with Crippen LogP contribution in [0.2, 0.25) is 0 Å². The van der Waals surface area contributed by atoms with E-state index in [9.17, 15) is 24.0 Å². The van der Waals surface area contributed by atoms with E-state index in [2.05, 4.69) is 0 Å². The van der Waals surface area contributed by atoms with Crippen molar-refractivity contribution in [1.82, 2.24) is 0 Å². The number of aryl methyl sites for hydroxylation is 3. The molecule has 0 amide bonds. The molecular formula is C55H68O22. The molecule has 1 aliphatic rings. The van der Waals surface area contributed by atoms with Gasteiger partial charge in [-0.2, -0.15) is 0 Å². The third-order valence-corrected chi connectivity index (χ3v) is 10.5. The fourth-order valence-corrected chi connectivity index (χ4v) is 6.85. The van der Waals surface area contributed by atoms with Gasteiger partial charge in [0.25, 0.3) is 0 Å². The van der Waals surface area contributed by atoms with Gasteiger partial charge in [-0.25, -0.2) is 0 Å². The zero-order valence-electron chi connectivity index (χ0n) is 44.5. The Morgan fingerprint density at radius 1 is 0.390 bits per heavy atom. The van der Waals surface area contributed by atoms with Crippen LogP contribution >= 0.6 is 0 Å². The number of methoxy groups -OCH3 is 9. The Morgan fingerprint density at radius 3 is 1.38 bits per heavy atom. The number of para-hydroxylation sites is 1. The van der Waals surface area contributed by atoms with Crippen molar-refractivity contribution in [2.24, 2.45) is 0 Å². The molecule has 0 atom stereocenters. The normalized spacial score (nSPS) is 10.5. The summed E-state index contributed by atoms with van der Waals surface area (Å²) in [5.74, 6) is 2.43. The third kappa shape index (κ3) is 22.6. The first kappa shape index (κ1) is 64.2. The summed E-state index contributed by atoms with van der Waals surface area (Å²) in [6.07, 6.45) is 1.63. The molecule has 0 radical (unpaired) electrons. The number of hydrogen-bond donors (Lipinski definition) is 5. The molecule has 77 heavy (non-hydrogen) atoms. The summed E-state index contributed by atoms with van der Waals surface area (Å²) in [6, 6.07) is 24.9. The highest BCUT2D eigenvalue weighted by atomic mass is 16.6. The number of aliphatic carboxylic acids is 5. The highest BCUT2D eigenvalue weighted by Gasteiger charge is 2.19. The Bertz CT molecular complexity index is 2650. The van der Waals surface area contributed by atoms with E-state index < -0.39 is 29.8 Å². The number of carbonyl (C=O) groups is 5. The minimum Gasteiger partial charge on any atom is -0.496 e. The van der Waals surface area contributed by atoms with Gasteiger partial charge >= 0.3 is 29.8 Å². The molecule has 0 bridgehead atoms. The minimum absolute atomic E-state index is 0.0106. The van der Waals surface area contributed by atoms with Gasteiger partial charge in [-0.3, -0.25) is 24.0 Å². The van der Waals surface area contributed by atoms with Crippen LogP contribution in [0.5, 0.6) is 69.0 Å². The Kier molecular flexibility index (Phi) is 29.4. The van der Waals surface area contributed by atoms with E-state index in [1.165, 1.54) is 42.7 Å². The van der Waals surface area contributed by atoms with Crippen molar-refractivity contribution < 1.29 is 106 Å². The zero-order chi connectivity index (χ0) is 57.3. The molecule has 420 valence electrons. The molecule has 1 heterocycles. The lowest BCUT2D eigenvalue weighted by Gasteiger charge is -2.18. The van der Waals surface area contributed by atoms with Gasteiger partial charge in [-0.05, 0) is 90.0 Å². The quantitative estimate of drug-likeness (QED) is 0.0393. The molecule has 22 heteroatoms. The first-order valence-electron chi connectivity index (χ1n) is 23.4. The van der Waals surface area contributed by atoms with Crippen molar-refractivity contribution in [3.8, 4) is 69.0 Å². The van der Waals surface area contributed by atoms with E-state index in [0.717, 1.165) is 28.0 Å². The van der Waals surface area contributed by atoms with Crippen molar-refractivity contribution in [3.05, 3.63) is 107 Å². The summed E-state index contributed by atoms with van der Waals surface area (Å²) in [5.41, 5.74) is 3.37. The molecule has 0 spiro atoms. The summed E-state index contributed by atoms with van der Waals surface area (Å²) in [5, 5.41) is 42.9. The molecule has 6 rings (SSSR count). The van der Waals surface area contributed by atoms with E-state index in [-0.39, 0.29) is 38.7 Å². The van der Waals surface area contributed by atoms with Gasteiger partial charge in [0.05, 0.1) is 83.4 Å². The predicted octanol–water partition coefficient (Wildman–Crippen LogP) is 7.81. The number of hydrogen-bond acceptors (Lipinski definition) is 17. The van der Waals surface area contributed by atoms with Crippen LogP contribution in [0.1, 0.15) is 47.9 Å². The van der Waals surface area contributed by atoms with Gasteiger partial charge < -0.3 is 82.4 Å². The summed E-state index contributed by atoms with van der Waals surface area (Å²) >= 11 is 0. The van der Waals surface area contributed by atoms with E-state index >= 15 is 0 Å². The van der Waals surface area contributed by atoms with Gasteiger partial charge in [0, 0.05) is 19.3 Å². The number of carboxylic acids is 5. The number of carboxylic acid groups (broad SMARTS) is 5. The number of ether oxygens (including phenoxy) is 12. The third-order valence-electron chi connectivity index (χ3n) is 10.5. The number of rotatable bonds is 24. The maximum absolute atomic E-state index is 10.6. The van der Waals surface area contributed by atoms with Crippen LogP contribution in [0.4, 0.5) is 0 Å². The van der Waals surface area contributed by atoms with E-state index in [0.29, 0.717) is 95.7 Å². The molecular weight excluding hydrogens is 1010 g/mol. The van der Waals surface area contributed by atoms with Crippen molar-refractivity contribution in [2.45, 2.75) is 51.4 Å². The zero-order valence-corrected chi connectivity index (χ0v) is 44.5. The maximum atomic E-state index is 10.6. The van der Waals surface area contributed by atoms with Crippen LogP contribution in [0.25, 0.3) is 0 Å². The molecule has 5 N–H and O–H groups in total. The second kappa shape index (κ2) is 35.3. The molecule has 0 aliphatic carbocycles. The Hall–Kier alpha value is -8.95. The van der Waals surface area contributed by atoms with Crippen molar-refractivity contribution in [3.63, 3.8) is 0 Å². The van der Waals surface area contributed by atoms with Gasteiger partial charge in [0.1, 0.15) is 19.0 Å². The average Bonchev–Trinajstić information content (AvgIpc) is 3.43. The van der Waals surface area contributed by atoms with E-state index in [1.807, 2.05) is 30.3 Å². The van der Waals surface area contributed by atoms with Gasteiger partial charge in [-0.15, -0.1) is 0 Å². The van der Waals surface area contributed by atoms with Crippen molar-refractivity contribution >= 4 is 29.8 Å². The van der Waals surface area contributed by atoms with Crippen LogP contribution in [0, 0.1) is 0 Å². The van der Waals surface area contributed by atoms with Crippen LogP contribution in [0.15, 0.2) is 84.9 Å². The topological polar surface area (TPSA) is 297 Å². The molecule has 0 saturated carbocycles. The van der Waals surface area contributed by atoms with E-state index in [1.54, 1.807) is 75.9 Å². The number of benzene rings is 5. The van der Waals surface area contributed by atoms with Crippen LogP contribution in [0.3, 0.4) is 0 Å². The highest BCUT2D eigenvalue weighted by Crippen LogP contribution is 2.44. The Labute approximate surface area is 446 Å². The SMILES string of the molecule is COc1ccc(CCC(=O)O)c(OC)c1OC.COc1ccc(CCC(=O)O)cc1OC.COc1ccc(OCCC(=O)O)c(OC)c1OC.COc1ccccc1CCC(=O)O.O=C(O)Cc1ccc2c(c1)OCCO2. The van der Waals surface area contributed by atoms with Crippen molar-refractivity contribution in [2.75, 3.05) is 83.8 Å². The molecule has 0 saturated heterocycles. The van der Waals surface area contributed by atoms with Gasteiger partial charge in [0.15, 0.2) is 46.0 Å². The minimum atomic E-state index is -0.922. The van der Waals surface area contributed by atoms with E-state index in [4.69, 9.17) is 82.4 Å². The lowest BCUT2D eigenvalue weighted by molar-refractivity contribution is -0.138. The maximum Gasteiger partial charge on any atom is 0.307 e. The average molecular weight is 1080 g/mol. The lowest BCUT2D eigenvalue weighted by atomic mass is 10.1. The molecule has 22 nitrogen and oxygen atoms in total. The largest absolute Gasteiger partial charge is 0.496 e. The summed E-state index contributed by atoms with van der Waals surface area (Å²) < 4.78 is 62.3. The first-order valence-corrected chi connectivity index (χ1v) is 23.4. The fraction of sp³-hybridized carbons (Fsp3) is 0.364. The summed E-state index contributed by atoms with van der Waals surface area (Å²) in [6.45, 7) is 1.12. The molecule has 1 aliphatic heterocycles. The second-order valence-corrected chi connectivity index (χ2v) is 15.5. The fourth-order valence-electron chi connectivity index (χ4n) is 6.85. The van der Waals surface area contributed by atoms with Gasteiger partial charge in [-0.1, -0.05) is 36.4 Å². The molecule has 5 aromatic carbocycles. The van der Waals surface area contributed by atoms with Crippen LogP contribution in [-0.2, 0) is 49.7 Å². The summed E-state index contributed by atoms with van der Waals surface area (Å²) in [4.78, 5) is 52.2. The van der Waals surface area contributed by atoms with Crippen LogP contribution < -0.4 is 56.8 Å². The molecule has 0 aromatic heterocycles. The smallest absolute Gasteiger partial charge is 0.307 e. The summed E-state index contributed by atoms with van der Waals surface area (Å²) in [7, 11) is 13.7. The number of fused-ring (bicyclic) bond motifs is 1. The first-order chi connectivity index (χ1) is 36.9. The molecule has 0 fully saturated rings. The molecule has 0 unspecified atom stereocenters. The second-order valence-electron chi connectivity index (χ2n) is 15.5. The van der Waals surface area contributed by atoms with Crippen LogP contribution in [-0.4, -0.2) is 139 Å². The predicted molar refractivity (Wildman–Crippen MR) is 279 cm³/mol. The van der Waals surface area contributed by atoms with Gasteiger partial charge in [0.2, 0.25) is 17.2 Å².